The van der Waals surface area contributed by atoms with Gasteiger partial charge in [0.1, 0.15) is 0 Å². The topological polar surface area (TPSA) is 333 Å². The van der Waals surface area contributed by atoms with Gasteiger partial charge < -0.3 is 20.4 Å². The molecule has 0 radical (unpaired) electrons. The molecule has 49 heavy (non-hydrogen) atoms. The van der Waals surface area contributed by atoms with Gasteiger partial charge in [-0.2, -0.15) is 16.8 Å². The van der Waals surface area contributed by atoms with Crippen LogP contribution in [0.1, 0.15) is 103 Å². The van der Waals surface area contributed by atoms with Crippen LogP contribution in [0.5, 0.6) is 0 Å². The van der Waals surface area contributed by atoms with Crippen LogP contribution in [0.15, 0.2) is 0 Å². The molecule has 2 aliphatic heterocycles. The minimum atomic E-state index is -5.29. The first-order valence-electron chi connectivity index (χ1n) is 14.6. The number of nitrogens with zero attached hydrogens (tertiary/aromatic N) is 2. The summed E-state index contributed by atoms with van der Waals surface area (Å²) in [4.78, 5) is 85.3. The molecule has 0 saturated carbocycles. The van der Waals surface area contributed by atoms with Crippen molar-refractivity contribution in [3.63, 3.8) is 0 Å². The maximum absolute atomic E-state index is 11.8. The van der Waals surface area contributed by atoms with Gasteiger partial charge in [-0.05, 0) is 38.5 Å². The van der Waals surface area contributed by atoms with E-state index in [1.54, 1.807) is 0 Å². The van der Waals surface area contributed by atoms with Crippen LogP contribution >= 0.6 is 0 Å². The molecule has 2 aliphatic rings. The molecule has 2 saturated heterocycles. The summed E-state index contributed by atoms with van der Waals surface area (Å²) >= 11 is 0. The SMILES string of the molecule is O=C(O)CCCCCCC(C(=O)O)(N1C(=O)CCC1=O)S(=O)(=O)O.O=C(O)CCCCCCC(C(=O)O)(N1C(=O)CCC1=O)S(=O)(=O)O.[NaH]. The summed E-state index contributed by atoms with van der Waals surface area (Å²) in [6.45, 7) is 0. The fourth-order valence-corrected chi connectivity index (χ4v) is 7.40. The molecule has 0 bridgehead atoms. The second-order valence-electron chi connectivity index (χ2n) is 11.0. The Morgan fingerprint density at radius 2 is 0.755 bits per heavy atom. The van der Waals surface area contributed by atoms with Crippen molar-refractivity contribution >= 4 is 97.3 Å². The van der Waals surface area contributed by atoms with Crippen LogP contribution in [-0.2, 0) is 58.6 Å². The molecule has 23 heteroatoms. The Hall–Kier alpha value is -3.02. The van der Waals surface area contributed by atoms with Crippen LogP contribution in [0, 0.1) is 0 Å². The zero-order valence-corrected chi connectivity index (χ0v) is 27.2. The number of hydrogen-bond donors (Lipinski definition) is 6. The zero-order chi connectivity index (χ0) is 37.1. The summed E-state index contributed by atoms with van der Waals surface area (Å²) in [6.07, 6.45) is -0.785. The van der Waals surface area contributed by atoms with Gasteiger partial charge in [0.05, 0.1) is 0 Å². The van der Waals surface area contributed by atoms with E-state index in [-0.39, 0.29) is 104 Å². The number of carbonyl (C=O) groups is 8. The predicted octanol–water partition coefficient (Wildman–Crippen LogP) is -0.190. The maximum atomic E-state index is 11.8. The van der Waals surface area contributed by atoms with Crippen LogP contribution in [0.2, 0.25) is 0 Å². The first-order valence-corrected chi connectivity index (χ1v) is 17.5. The molecule has 2 unspecified atom stereocenters. The number of rotatable bonds is 20. The van der Waals surface area contributed by atoms with Crippen LogP contribution in [0.25, 0.3) is 0 Å². The molecular formula is C26H39N2NaO18S2. The summed E-state index contributed by atoms with van der Waals surface area (Å²) in [5.74, 6) is -9.84. The van der Waals surface area contributed by atoms with Gasteiger partial charge in [0.25, 0.3) is 9.74 Å². The second-order valence-corrected chi connectivity index (χ2v) is 14.2. The average molecular weight is 755 g/mol. The number of imide groups is 2. The number of carboxylic acids is 4. The monoisotopic (exact) mass is 754 g/mol. The fourth-order valence-electron chi connectivity index (χ4n) is 5.29. The summed E-state index contributed by atoms with van der Waals surface area (Å²) in [5.41, 5.74) is 0. The Bertz CT molecular complexity index is 1370. The molecule has 0 spiro atoms. The molecule has 274 valence electrons. The Kier molecular flexibility index (Phi) is 18.2. The Balaban J connectivity index is 0.000000922. The first kappa shape index (κ1) is 46.0. The van der Waals surface area contributed by atoms with Crippen LogP contribution in [0.3, 0.4) is 0 Å². The quantitative estimate of drug-likeness (QED) is 0.0406. The third-order valence-corrected chi connectivity index (χ3v) is 10.5. The van der Waals surface area contributed by atoms with Crippen molar-refractivity contribution in [1.29, 1.82) is 0 Å². The van der Waals surface area contributed by atoms with E-state index in [2.05, 4.69) is 0 Å². The fraction of sp³-hybridized carbons (Fsp3) is 0.692. The number of amides is 4. The van der Waals surface area contributed by atoms with Crippen LogP contribution in [0.4, 0.5) is 0 Å². The van der Waals surface area contributed by atoms with Crippen LogP contribution in [-0.4, -0.2) is 143 Å². The second kappa shape index (κ2) is 19.4. The van der Waals surface area contributed by atoms with Crippen molar-refractivity contribution in [2.75, 3.05) is 0 Å². The molecule has 0 aromatic heterocycles. The summed E-state index contributed by atoms with van der Waals surface area (Å²) in [7, 11) is -10.6. The van der Waals surface area contributed by atoms with Gasteiger partial charge >= 0.3 is 73.7 Å². The number of hydrogen-bond acceptors (Lipinski definition) is 12. The van der Waals surface area contributed by atoms with Crippen molar-refractivity contribution in [2.45, 2.75) is 112 Å². The van der Waals surface area contributed by atoms with Gasteiger partial charge in [-0.15, -0.1) is 0 Å². The Morgan fingerprint density at radius 3 is 0.959 bits per heavy atom. The third kappa shape index (κ3) is 11.5. The molecule has 2 rings (SSSR count). The molecule has 0 aromatic carbocycles. The number of aliphatic carboxylic acids is 4. The van der Waals surface area contributed by atoms with E-state index in [0.29, 0.717) is 25.7 Å². The van der Waals surface area contributed by atoms with E-state index in [0.717, 1.165) is 0 Å². The molecule has 6 N–H and O–H groups in total. The normalized spacial score (nSPS) is 17.4. The number of unbranched alkanes of at least 4 members (excludes halogenated alkanes) is 6. The molecular weight excluding hydrogens is 715 g/mol. The van der Waals surface area contributed by atoms with Crippen molar-refractivity contribution in [3.05, 3.63) is 0 Å². The summed E-state index contributed by atoms with van der Waals surface area (Å²) in [5, 5.41) is 35.8. The number of carbonyl (C=O) groups excluding carboxylic acids is 4. The minimum absolute atomic E-state index is 0. The van der Waals surface area contributed by atoms with E-state index >= 15 is 0 Å². The molecule has 2 heterocycles. The van der Waals surface area contributed by atoms with Gasteiger partial charge in [-0.1, -0.05) is 25.7 Å². The van der Waals surface area contributed by atoms with Crippen LogP contribution < -0.4 is 0 Å². The van der Waals surface area contributed by atoms with Gasteiger partial charge in [-0.25, -0.2) is 19.4 Å². The standard InChI is InChI=1S/2C13H19NO9S.Na.H/c2*15-9-6-7-10(16)14(9)13(12(19)20,24(21,22)23)8-4-2-1-3-5-11(17)18;;/h2*1-8H2,(H,17,18)(H,19,20)(H,21,22,23);;. The molecule has 2 fully saturated rings. The van der Waals surface area contributed by atoms with Gasteiger partial charge in [0, 0.05) is 38.5 Å². The zero-order valence-electron chi connectivity index (χ0n) is 25.6. The predicted molar refractivity (Wildman–Crippen MR) is 164 cm³/mol. The van der Waals surface area contributed by atoms with Crippen molar-refractivity contribution < 1.29 is 84.7 Å². The van der Waals surface area contributed by atoms with Gasteiger partial charge in [0.2, 0.25) is 23.6 Å². The van der Waals surface area contributed by atoms with Gasteiger partial charge in [0.15, 0.2) is 0 Å². The van der Waals surface area contributed by atoms with E-state index in [1.807, 2.05) is 0 Å². The summed E-state index contributed by atoms with van der Waals surface area (Å²) < 4.78 is 65.8. The number of likely N-dealkylation sites (tertiary alicyclic amines) is 2. The van der Waals surface area contributed by atoms with Crippen molar-refractivity contribution in [3.8, 4) is 0 Å². The molecule has 2 atom stereocenters. The number of carboxylic acid groups (broad SMARTS) is 4. The van der Waals surface area contributed by atoms with E-state index < -0.39 is 90.3 Å². The third-order valence-electron chi connectivity index (χ3n) is 7.66. The first-order chi connectivity index (χ1) is 22.1. The molecule has 4 amide bonds. The van der Waals surface area contributed by atoms with E-state index in [9.17, 15) is 74.5 Å². The Morgan fingerprint density at radius 1 is 0.510 bits per heavy atom. The van der Waals surface area contributed by atoms with Gasteiger partial charge in [-0.3, -0.25) is 37.9 Å². The molecule has 0 aromatic rings. The molecule has 0 aliphatic carbocycles. The Labute approximate surface area is 303 Å². The van der Waals surface area contributed by atoms with E-state index in [4.69, 9.17) is 10.2 Å². The van der Waals surface area contributed by atoms with Crippen molar-refractivity contribution in [1.82, 2.24) is 9.80 Å². The van der Waals surface area contributed by atoms with Crippen molar-refractivity contribution in [2.24, 2.45) is 0 Å². The molecule has 20 nitrogen and oxygen atoms in total. The van der Waals surface area contributed by atoms with E-state index in [1.165, 1.54) is 0 Å². The average Bonchev–Trinajstić information content (AvgIpc) is 3.46. The summed E-state index contributed by atoms with van der Waals surface area (Å²) in [6, 6.07) is 0.